The lowest BCUT2D eigenvalue weighted by atomic mass is 9.81. The van der Waals surface area contributed by atoms with Crippen LogP contribution in [0.2, 0.25) is 0 Å². The first-order valence-electron chi connectivity index (χ1n) is 23.7. The van der Waals surface area contributed by atoms with E-state index in [4.69, 9.17) is 24.7 Å². The smallest absolute Gasteiger partial charge is 0.308 e. The largest absolute Gasteiger partial charge is 0.461 e. The van der Waals surface area contributed by atoms with Crippen molar-refractivity contribution in [2.75, 3.05) is 51.4 Å². The second kappa shape index (κ2) is 27.4. The third-order valence-electron chi connectivity index (χ3n) is 11.8. The number of aromatic nitrogens is 3. The topological polar surface area (TPSA) is 264 Å². The van der Waals surface area contributed by atoms with Gasteiger partial charge in [-0.05, 0) is 116 Å². The number of amides is 6. The molecule has 20 heteroatoms. The maximum Gasteiger partial charge on any atom is 0.308 e. The SMILES string of the molecule is CC(C)C(=O)OCc1ccc(NC(=O)[C@H](CCCCN)NC(=O)COCC(=O)NCCC(C)(C)OCCC(C)(C)OCCn2cc(CNC(=O)C3CCC(CN4C(=O)C=CC4=O)CC3)nn2)cc1. The van der Waals surface area contributed by atoms with Crippen LogP contribution in [0, 0.1) is 17.8 Å². The molecule has 20 nitrogen and oxygen atoms in total. The van der Waals surface area contributed by atoms with E-state index in [0.717, 1.165) is 18.4 Å². The second-order valence-electron chi connectivity index (χ2n) is 18.9. The number of esters is 1. The number of imide groups is 1. The molecule has 0 spiro atoms. The first kappa shape index (κ1) is 55.0. The van der Waals surface area contributed by atoms with Gasteiger partial charge in [-0.1, -0.05) is 31.2 Å². The first-order valence-corrected chi connectivity index (χ1v) is 23.7. The molecule has 0 saturated heterocycles. The van der Waals surface area contributed by atoms with Gasteiger partial charge in [-0.3, -0.25) is 38.5 Å². The molecule has 1 saturated carbocycles. The Bertz CT molecular complexity index is 1990. The number of unbranched alkanes of at least 4 members (excludes halogenated alkanes) is 1. The van der Waals surface area contributed by atoms with Gasteiger partial charge in [0.05, 0.1) is 49.6 Å². The maximum absolute atomic E-state index is 13.1. The number of rotatable bonds is 30. The molecule has 1 atom stereocenters. The number of hydrogen-bond acceptors (Lipinski definition) is 14. The molecule has 376 valence electrons. The predicted octanol–water partition coefficient (Wildman–Crippen LogP) is 3.08. The summed E-state index contributed by atoms with van der Waals surface area (Å²) in [5, 5.41) is 19.6. The van der Waals surface area contributed by atoms with Crippen molar-refractivity contribution in [3.05, 3.63) is 53.9 Å². The van der Waals surface area contributed by atoms with E-state index >= 15 is 0 Å². The molecule has 2 aliphatic rings. The molecule has 6 N–H and O–H groups in total. The summed E-state index contributed by atoms with van der Waals surface area (Å²) in [6.45, 7) is 13.4. The highest BCUT2D eigenvalue weighted by Gasteiger charge is 2.31. The van der Waals surface area contributed by atoms with Gasteiger partial charge in [-0.25, -0.2) is 4.68 Å². The molecular weight excluding hydrogens is 879 g/mol. The van der Waals surface area contributed by atoms with Gasteiger partial charge >= 0.3 is 5.97 Å². The van der Waals surface area contributed by atoms with Gasteiger partial charge in [-0.2, -0.15) is 0 Å². The van der Waals surface area contributed by atoms with Crippen LogP contribution in [-0.4, -0.2) is 125 Å². The number of nitrogens with zero attached hydrogens (tertiary/aromatic N) is 4. The molecular formula is C48H73N9O11. The zero-order chi connectivity index (χ0) is 49.7. The highest BCUT2D eigenvalue weighted by molar-refractivity contribution is 6.12. The minimum Gasteiger partial charge on any atom is -0.461 e. The summed E-state index contributed by atoms with van der Waals surface area (Å²) in [4.78, 5) is 88.1. The number of carbonyl (C=O) groups excluding carboxylic acids is 7. The van der Waals surface area contributed by atoms with Crippen LogP contribution < -0.4 is 27.0 Å². The quantitative estimate of drug-likeness (QED) is 0.0428. The third kappa shape index (κ3) is 20.0. The molecule has 1 aromatic heterocycles. The van der Waals surface area contributed by atoms with E-state index in [1.165, 1.54) is 17.1 Å². The highest BCUT2D eigenvalue weighted by atomic mass is 16.5. The van der Waals surface area contributed by atoms with E-state index in [1.807, 2.05) is 27.7 Å². The van der Waals surface area contributed by atoms with Crippen molar-refractivity contribution >= 4 is 47.1 Å². The number of ether oxygens (including phenoxy) is 4. The Balaban J connectivity index is 1.05. The van der Waals surface area contributed by atoms with Crippen molar-refractivity contribution in [1.82, 2.24) is 35.8 Å². The molecule has 1 aliphatic heterocycles. The molecule has 68 heavy (non-hydrogen) atoms. The Morgan fingerprint density at radius 3 is 2.19 bits per heavy atom. The lowest BCUT2D eigenvalue weighted by Crippen LogP contribution is -2.45. The van der Waals surface area contributed by atoms with Gasteiger partial charge in [0, 0.05) is 36.8 Å². The standard InChI is InChI=1S/C48H73N9O11/c1-33(2)46(64)66-30-35-12-16-37(17-13-35)52-45(63)39(9-7-8-22-49)53-41(59)32-65-31-40(58)50-23-20-47(3,4)67-25-21-48(5,6)68-26-24-56-29-38(54-55-56)27-51-44(62)36-14-10-34(11-15-36)28-57-42(60)18-19-43(57)61/h12-13,16-19,29,33-34,36,39H,7-11,14-15,20-28,30-32,49H2,1-6H3,(H,50,58)(H,51,62)(H,52,63)(H,53,59)/t34?,36?,39-/m0/s1. The van der Waals surface area contributed by atoms with Crippen LogP contribution in [0.15, 0.2) is 42.6 Å². The third-order valence-corrected chi connectivity index (χ3v) is 11.8. The summed E-state index contributed by atoms with van der Waals surface area (Å²) in [5.41, 5.74) is 6.52. The average molecular weight is 952 g/mol. The normalized spacial score (nSPS) is 16.7. The molecule has 0 unspecified atom stereocenters. The van der Waals surface area contributed by atoms with Crippen LogP contribution in [0.5, 0.6) is 0 Å². The first-order chi connectivity index (χ1) is 32.3. The minimum atomic E-state index is -0.848. The van der Waals surface area contributed by atoms with Gasteiger partial charge in [0.2, 0.25) is 23.6 Å². The summed E-state index contributed by atoms with van der Waals surface area (Å²) < 4.78 is 24.6. The fourth-order valence-corrected chi connectivity index (χ4v) is 7.48. The second-order valence-corrected chi connectivity index (χ2v) is 18.9. The molecule has 2 heterocycles. The Morgan fingerprint density at radius 1 is 0.853 bits per heavy atom. The zero-order valence-electron chi connectivity index (χ0n) is 40.6. The summed E-state index contributed by atoms with van der Waals surface area (Å²) in [6.07, 6.45) is 10.1. The molecule has 0 bridgehead atoms. The molecule has 1 aromatic carbocycles. The summed E-state index contributed by atoms with van der Waals surface area (Å²) in [5.74, 6) is -2.37. The van der Waals surface area contributed by atoms with Crippen LogP contribution in [0.4, 0.5) is 5.69 Å². The Morgan fingerprint density at radius 2 is 1.51 bits per heavy atom. The lowest BCUT2D eigenvalue weighted by Gasteiger charge is -2.30. The minimum absolute atomic E-state index is 0.0343. The number of benzene rings is 1. The molecule has 4 rings (SSSR count). The van der Waals surface area contributed by atoms with E-state index in [0.29, 0.717) is 95.7 Å². The number of carbonyl (C=O) groups is 7. The molecule has 2 aromatic rings. The Hall–Kier alpha value is -5.57. The predicted molar refractivity (Wildman–Crippen MR) is 251 cm³/mol. The van der Waals surface area contributed by atoms with Crippen LogP contribution in [0.25, 0.3) is 0 Å². The van der Waals surface area contributed by atoms with Crippen molar-refractivity contribution in [2.24, 2.45) is 23.5 Å². The van der Waals surface area contributed by atoms with E-state index in [9.17, 15) is 33.6 Å². The van der Waals surface area contributed by atoms with Crippen molar-refractivity contribution in [1.29, 1.82) is 0 Å². The van der Waals surface area contributed by atoms with Crippen molar-refractivity contribution < 1.29 is 52.5 Å². The molecule has 1 fully saturated rings. The Kier molecular flexibility index (Phi) is 22.2. The van der Waals surface area contributed by atoms with Crippen molar-refractivity contribution in [3.63, 3.8) is 0 Å². The highest BCUT2D eigenvalue weighted by Crippen LogP contribution is 2.30. The monoisotopic (exact) mass is 952 g/mol. The molecule has 0 radical (unpaired) electrons. The van der Waals surface area contributed by atoms with Crippen LogP contribution in [-0.2, 0) is 72.2 Å². The number of nitrogens with one attached hydrogen (secondary N) is 4. The number of anilines is 1. The number of hydrogen-bond donors (Lipinski definition) is 5. The zero-order valence-corrected chi connectivity index (χ0v) is 40.6. The molecule has 1 aliphatic carbocycles. The van der Waals surface area contributed by atoms with Gasteiger partial charge in [0.1, 0.15) is 31.6 Å². The fourth-order valence-electron chi connectivity index (χ4n) is 7.48. The number of nitrogens with two attached hydrogens (primary N) is 1. The van der Waals surface area contributed by atoms with Crippen LogP contribution >= 0.6 is 0 Å². The lowest BCUT2D eigenvalue weighted by molar-refractivity contribution is -0.148. The van der Waals surface area contributed by atoms with Gasteiger partial charge in [-0.15, -0.1) is 5.10 Å². The van der Waals surface area contributed by atoms with Gasteiger partial charge in [0.25, 0.3) is 11.8 Å². The summed E-state index contributed by atoms with van der Waals surface area (Å²) in [6, 6.07) is 6.02. The van der Waals surface area contributed by atoms with Crippen LogP contribution in [0.1, 0.15) is 111 Å². The van der Waals surface area contributed by atoms with E-state index in [2.05, 4.69) is 31.6 Å². The fraction of sp³-hybridized carbons (Fsp3) is 0.646. The summed E-state index contributed by atoms with van der Waals surface area (Å²) >= 11 is 0. The van der Waals surface area contributed by atoms with Crippen LogP contribution in [0.3, 0.4) is 0 Å². The van der Waals surface area contributed by atoms with E-state index in [1.54, 1.807) is 49.0 Å². The Labute approximate surface area is 399 Å². The maximum atomic E-state index is 13.1. The average Bonchev–Trinajstić information content (AvgIpc) is 3.88. The van der Waals surface area contributed by atoms with Gasteiger partial charge in [0.15, 0.2) is 0 Å². The molecule has 6 amide bonds. The van der Waals surface area contributed by atoms with Crippen molar-refractivity contribution in [2.45, 2.75) is 136 Å². The van der Waals surface area contributed by atoms with Crippen molar-refractivity contribution in [3.8, 4) is 0 Å². The van der Waals surface area contributed by atoms with E-state index in [-0.39, 0.29) is 61.2 Å². The summed E-state index contributed by atoms with van der Waals surface area (Å²) in [7, 11) is 0. The van der Waals surface area contributed by atoms with E-state index < -0.39 is 41.6 Å². The van der Waals surface area contributed by atoms with Gasteiger partial charge < -0.3 is 45.9 Å².